The zero-order valence-corrected chi connectivity index (χ0v) is 12.7. The molecule has 3 atom stereocenters. The minimum Gasteiger partial charge on any atom is -0.353 e. The monoisotopic (exact) mass is 274 g/mol. The van der Waals surface area contributed by atoms with Crippen LogP contribution in [0.15, 0.2) is 30.3 Å². The van der Waals surface area contributed by atoms with Crippen LogP contribution in [0.2, 0.25) is 0 Å². The van der Waals surface area contributed by atoms with Crippen LogP contribution in [-0.4, -0.2) is 18.0 Å². The zero-order valence-electron chi connectivity index (χ0n) is 12.7. The Bertz CT molecular complexity index is 450. The number of nitrogens with two attached hydrogens (primary N) is 1. The molecule has 0 bridgehead atoms. The van der Waals surface area contributed by atoms with E-state index in [0.717, 1.165) is 12.8 Å². The lowest BCUT2D eigenvalue weighted by molar-refractivity contribution is -0.121. The summed E-state index contributed by atoms with van der Waals surface area (Å²) in [6.07, 6.45) is 2.34. The van der Waals surface area contributed by atoms with Crippen LogP contribution in [0.25, 0.3) is 0 Å². The van der Waals surface area contributed by atoms with Gasteiger partial charge < -0.3 is 11.1 Å². The molecule has 0 aliphatic heterocycles. The molecule has 3 heteroatoms. The molecule has 0 spiro atoms. The highest BCUT2D eigenvalue weighted by molar-refractivity contribution is 5.77. The highest BCUT2D eigenvalue weighted by Gasteiger charge is 2.39. The van der Waals surface area contributed by atoms with E-state index < -0.39 is 0 Å². The molecule has 1 fully saturated rings. The van der Waals surface area contributed by atoms with Crippen molar-refractivity contribution in [2.45, 2.75) is 58.0 Å². The lowest BCUT2D eigenvalue weighted by Crippen LogP contribution is -2.35. The van der Waals surface area contributed by atoms with Crippen LogP contribution in [-0.2, 0) is 4.79 Å². The predicted octanol–water partition coefficient (Wildman–Crippen LogP) is 2.81. The van der Waals surface area contributed by atoms with Crippen molar-refractivity contribution in [1.29, 1.82) is 0 Å². The van der Waals surface area contributed by atoms with Gasteiger partial charge in [0.2, 0.25) is 5.91 Å². The molecule has 20 heavy (non-hydrogen) atoms. The van der Waals surface area contributed by atoms with E-state index in [0.29, 0.717) is 18.4 Å². The third kappa shape index (κ3) is 4.64. The third-order valence-corrected chi connectivity index (χ3v) is 3.69. The number of rotatable bonds is 5. The van der Waals surface area contributed by atoms with Gasteiger partial charge in [-0.25, -0.2) is 0 Å². The van der Waals surface area contributed by atoms with Crippen molar-refractivity contribution in [3.8, 4) is 0 Å². The first-order chi connectivity index (χ1) is 9.35. The number of benzene rings is 1. The summed E-state index contributed by atoms with van der Waals surface area (Å²) in [7, 11) is 0. The largest absolute Gasteiger partial charge is 0.353 e. The number of hydrogen-bond acceptors (Lipinski definition) is 2. The predicted molar refractivity (Wildman–Crippen MR) is 82.4 cm³/mol. The van der Waals surface area contributed by atoms with Crippen LogP contribution in [0.3, 0.4) is 0 Å². The highest BCUT2D eigenvalue weighted by Crippen LogP contribution is 2.40. The number of carbonyl (C=O) groups is 1. The molecule has 3 N–H and O–H groups in total. The smallest absolute Gasteiger partial charge is 0.221 e. The van der Waals surface area contributed by atoms with Gasteiger partial charge in [-0.3, -0.25) is 4.79 Å². The summed E-state index contributed by atoms with van der Waals surface area (Å²) < 4.78 is 0. The van der Waals surface area contributed by atoms with E-state index in [9.17, 15) is 4.79 Å². The van der Waals surface area contributed by atoms with Gasteiger partial charge in [-0.15, -0.1) is 0 Å². The van der Waals surface area contributed by atoms with Crippen molar-refractivity contribution < 1.29 is 4.79 Å². The van der Waals surface area contributed by atoms with E-state index in [1.54, 1.807) is 0 Å². The van der Waals surface area contributed by atoms with Crippen molar-refractivity contribution in [3.05, 3.63) is 35.9 Å². The Morgan fingerprint density at radius 1 is 1.35 bits per heavy atom. The second-order valence-corrected chi connectivity index (χ2v) is 7.16. The fourth-order valence-electron chi connectivity index (χ4n) is 2.79. The van der Waals surface area contributed by atoms with Crippen molar-refractivity contribution in [2.75, 3.05) is 0 Å². The summed E-state index contributed by atoms with van der Waals surface area (Å²) in [6.45, 7) is 6.45. The van der Waals surface area contributed by atoms with Crippen LogP contribution in [0.5, 0.6) is 0 Å². The van der Waals surface area contributed by atoms with Crippen LogP contribution in [0, 0.1) is 5.41 Å². The minimum atomic E-state index is -0.0519. The maximum Gasteiger partial charge on any atom is 0.221 e. The van der Waals surface area contributed by atoms with E-state index >= 15 is 0 Å². The molecule has 110 valence electrons. The molecule has 2 rings (SSSR count). The van der Waals surface area contributed by atoms with E-state index in [2.05, 4.69) is 38.2 Å². The van der Waals surface area contributed by atoms with Gasteiger partial charge >= 0.3 is 0 Å². The zero-order chi connectivity index (χ0) is 14.8. The SMILES string of the molecule is CC(C)(C)CC(N)CC(=O)NC1CC1c1ccccc1. The fourth-order valence-corrected chi connectivity index (χ4v) is 2.79. The second kappa shape index (κ2) is 5.96. The molecule has 1 amide bonds. The summed E-state index contributed by atoms with van der Waals surface area (Å²) >= 11 is 0. The van der Waals surface area contributed by atoms with Crippen LogP contribution in [0.4, 0.5) is 0 Å². The first-order valence-corrected chi connectivity index (χ1v) is 7.45. The van der Waals surface area contributed by atoms with Crippen LogP contribution >= 0.6 is 0 Å². The molecule has 0 heterocycles. The molecule has 0 aromatic heterocycles. The molecule has 0 saturated heterocycles. The van der Waals surface area contributed by atoms with E-state index in [-0.39, 0.29) is 17.4 Å². The summed E-state index contributed by atoms with van der Waals surface area (Å²) in [5.41, 5.74) is 7.53. The highest BCUT2D eigenvalue weighted by atomic mass is 16.1. The Hall–Kier alpha value is -1.35. The Morgan fingerprint density at radius 3 is 2.60 bits per heavy atom. The molecule has 1 aromatic carbocycles. The van der Waals surface area contributed by atoms with Gasteiger partial charge in [0.25, 0.3) is 0 Å². The van der Waals surface area contributed by atoms with Crippen LogP contribution in [0.1, 0.15) is 51.5 Å². The molecular weight excluding hydrogens is 248 g/mol. The molecule has 1 aliphatic rings. The standard InChI is InChI=1S/C17H26N2O/c1-17(2,3)11-13(18)9-16(20)19-15-10-14(15)12-7-5-4-6-8-12/h4-8,13-15H,9-11,18H2,1-3H3,(H,19,20). The van der Waals surface area contributed by atoms with Crippen molar-refractivity contribution >= 4 is 5.91 Å². The molecule has 1 aliphatic carbocycles. The van der Waals surface area contributed by atoms with Crippen molar-refractivity contribution in [1.82, 2.24) is 5.32 Å². The summed E-state index contributed by atoms with van der Waals surface area (Å²) in [5, 5.41) is 3.10. The maximum atomic E-state index is 12.0. The molecule has 3 unspecified atom stereocenters. The van der Waals surface area contributed by atoms with Gasteiger partial charge in [-0.1, -0.05) is 51.1 Å². The quantitative estimate of drug-likeness (QED) is 0.867. The topological polar surface area (TPSA) is 55.1 Å². The summed E-state index contributed by atoms with van der Waals surface area (Å²) in [4.78, 5) is 12.0. The minimum absolute atomic E-state index is 0.0519. The lowest BCUT2D eigenvalue weighted by atomic mass is 9.87. The number of hydrogen-bond donors (Lipinski definition) is 2. The average molecular weight is 274 g/mol. The summed E-state index contributed by atoms with van der Waals surface area (Å²) in [5.74, 6) is 0.573. The van der Waals surface area contributed by atoms with E-state index in [4.69, 9.17) is 5.73 Å². The normalized spacial score (nSPS) is 23.2. The van der Waals surface area contributed by atoms with Gasteiger partial charge in [0.15, 0.2) is 0 Å². The lowest BCUT2D eigenvalue weighted by Gasteiger charge is -2.22. The Labute approximate surface area is 121 Å². The van der Waals surface area contributed by atoms with Gasteiger partial charge in [0.05, 0.1) is 0 Å². The maximum absolute atomic E-state index is 12.0. The second-order valence-electron chi connectivity index (χ2n) is 7.16. The Morgan fingerprint density at radius 2 is 2.00 bits per heavy atom. The fraction of sp³-hybridized carbons (Fsp3) is 0.588. The number of nitrogens with one attached hydrogen (secondary N) is 1. The van der Waals surface area contributed by atoms with Gasteiger partial charge in [0.1, 0.15) is 0 Å². The first-order valence-electron chi connectivity index (χ1n) is 7.45. The van der Waals surface area contributed by atoms with Gasteiger partial charge in [-0.2, -0.15) is 0 Å². The molecule has 1 saturated carbocycles. The van der Waals surface area contributed by atoms with Crippen molar-refractivity contribution in [3.63, 3.8) is 0 Å². The molecule has 3 nitrogen and oxygen atoms in total. The molecule has 1 aromatic rings. The first kappa shape index (κ1) is 15.0. The van der Waals surface area contributed by atoms with E-state index in [1.807, 2.05) is 18.2 Å². The Kier molecular flexibility index (Phi) is 4.48. The average Bonchev–Trinajstić information content (AvgIpc) is 3.06. The Balaban J connectivity index is 1.74. The third-order valence-electron chi connectivity index (χ3n) is 3.69. The number of amides is 1. The summed E-state index contributed by atoms with van der Waals surface area (Å²) in [6, 6.07) is 10.6. The molecule has 0 radical (unpaired) electrons. The van der Waals surface area contributed by atoms with Crippen molar-refractivity contribution in [2.24, 2.45) is 11.1 Å². The van der Waals surface area contributed by atoms with Gasteiger partial charge in [0, 0.05) is 24.4 Å². The van der Waals surface area contributed by atoms with Gasteiger partial charge in [-0.05, 0) is 23.8 Å². The molecular formula is C17H26N2O. The van der Waals surface area contributed by atoms with Crippen LogP contribution < -0.4 is 11.1 Å². The number of carbonyl (C=O) groups excluding carboxylic acids is 1. The van der Waals surface area contributed by atoms with E-state index in [1.165, 1.54) is 5.56 Å².